The molecule has 2 aromatic carbocycles. The summed E-state index contributed by atoms with van der Waals surface area (Å²) >= 11 is -0.694. The summed E-state index contributed by atoms with van der Waals surface area (Å²) in [7, 11) is -1.79. The Balaban J connectivity index is 1.85. The molecule has 2 aromatic rings. The molecule has 0 saturated carbocycles. The molecule has 1 heterocycles. The molecule has 2 aliphatic carbocycles. The monoisotopic (exact) mass is 460 g/mol. The van der Waals surface area contributed by atoms with Crippen molar-refractivity contribution in [1.29, 1.82) is 0 Å². The molecule has 1 aliphatic heterocycles. The van der Waals surface area contributed by atoms with Crippen LogP contribution in [0.5, 0.6) is 0 Å². The summed E-state index contributed by atoms with van der Waals surface area (Å²) in [5.41, 5.74) is 13.5. The molecule has 0 spiro atoms. The van der Waals surface area contributed by atoms with E-state index in [1.54, 1.807) is 54.9 Å². The van der Waals surface area contributed by atoms with Gasteiger partial charge < -0.3 is 0 Å². The minimum absolute atomic E-state index is 0.694. The molecule has 5 rings (SSSR count). The number of fused-ring (bicyclic) bond motifs is 8. The van der Waals surface area contributed by atoms with Gasteiger partial charge >= 0.3 is 184 Å². The first-order chi connectivity index (χ1) is 13.4. The summed E-state index contributed by atoms with van der Waals surface area (Å²) in [6, 6.07) is 14.4. The second kappa shape index (κ2) is 6.51. The van der Waals surface area contributed by atoms with E-state index in [9.17, 15) is 0 Å². The van der Waals surface area contributed by atoms with Crippen LogP contribution in [0, 0.1) is 0 Å². The number of benzene rings is 2. The van der Waals surface area contributed by atoms with Gasteiger partial charge in [0.2, 0.25) is 0 Å². The fourth-order valence-corrected chi connectivity index (χ4v) is 16.3. The number of rotatable bonds is 2. The Morgan fingerprint density at radius 2 is 1.18 bits per heavy atom. The van der Waals surface area contributed by atoms with E-state index < -0.39 is 31.3 Å². The van der Waals surface area contributed by atoms with Crippen molar-refractivity contribution in [3.8, 4) is 0 Å². The molecule has 28 heavy (non-hydrogen) atoms. The number of hydrogen-bond donors (Lipinski definition) is 0. The molecule has 0 fully saturated rings. The summed E-state index contributed by atoms with van der Waals surface area (Å²) in [5, 5.41) is 3.61. The standard InChI is InChI=1S/C26H30Si.Zr/c1-7-19-11-9-13-21-15-17(3)25(23(19)21)27(5,6)26-18(4)16-22-14-10-12-20(8-2)24(22)26;/h9-16H,7-8H2,1-6H3;. The van der Waals surface area contributed by atoms with Crippen molar-refractivity contribution in [1.82, 2.24) is 0 Å². The van der Waals surface area contributed by atoms with Crippen molar-refractivity contribution >= 4 is 18.5 Å². The van der Waals surface area contributed by atoms with E-state index in [0.29, 0.717) is 0 Å². The summed E-state index contributed by atoms with van der Waals surface area (Å²) in [6.07, 6.45) is 2.31. The second-order valence-corrected chi connectivity index (χ2v) is 17.2. The van der Waals surface area contributed by atoms with Crippen LogP contribution in [0.15, 0.2) is 47.5 Å². The van der Waals surface area contributed by atoms with E-state index >= 15 is 0 Å². The van der Waals surface area contributed by atoms with Crippen molar-refractivity contribution in [2.45, 2.75) is 60.9 Å². The average molecular weight is 462 g/mol. The van der Waals surface area contributed by atoms with Crippen molar-refractivity contribution in [3.63, 3.8) is 0 Å². The minimum atomic E-state index is -1.79. The predicted molar refractivity (Wildman–Crippen MR) is 120 cm³/mol. The average Bonchev–Trinajstić information content (AvgIpc) is 3.15. The van der Waals surface area contributed by atoms with Gasteiger partial charge in [-0.25, -0.2) is 0 Å². The number of hydrogen-bond acceptors (Lipinski definition) is 0. The Morgan fingerprint density at radius 3 is 1.57 bits per heavy atom. The van der Waals surface area contributed by atoms with Gasteiger partial charge in [-0.3, -0.25) is 0 Å². The van der Waals surface area contributed by atoms with Gasteiger partial charge in [0.1, 0.15) is 0 Å². The van der Waals surface area contributed by atoms with Crippen LogP contribution in [0.1, 0.15) is 68.3 Å². The third-order valence-electron chi connectivity index (χ3n) is 7.49. The van der Waals surface area contributed by atoms with Gasteiger partial charge in [0.15, 0.2) is 0 Å². The van der Waals surface area contributed by atoms with E-state index in [1.807, 2.05) is 0 Å². The molecule has 2 unspecified atom stereocenters. The molecular weight excluding hydrogens is 432 g/mol. The molecule has 0 radical (unpaired) electrons. The van der Waals surface area contributed by atoms with Crippen LogP contribution < -0.4 is 0 Å². The zero-order valence-corrected chi connectivity index (χ0v) is 21.5. The molecule has 2 atom stereocenters. The molecule has 0 saturated heterocycles. The fraction of sp³-hybridized carbons (Fsp3) is 0.385. The molecule has 3 aliphatic rings. The van der Waals surface area contributed by atoms with E-state index in [4.69, 9.17) is 0 Å². The van der Waals surface area contributed by atoms with Gasteiger partial charge in [0, 0.05) is 0 Å². The molecule has 4 bridgehead atoms. The van der Waals surface area contributed by atoms with Crippen molar-refractivity contribution in [2.75, 3.05) is 0 Å². The van der Waals surface area contributed by atoms with Crippen LogP contribution in [0.25, 0.3) is 10.4 Å². The van der Waals surface area contributed by atoms with Gasteiger partial charge in [-0.05, 0) is 0 Å². The van der Waals surface area contributed by atoms with E-state index in [0.717, 1.165) is 20.1 Å². The van der Waals surface area contributed by atoms with Gasteiger partial charge in [-0.15, -0.1) is 0 Å². The van der Waals surface area contributed by atoms with Crippen LogP contribution in [-0.2, 0) is 36.1 Å². The Morgan fingerprint density at radius 1 is 0.750 bits per heavy atom. The van der Waals surface area contributed by atoms with Gasteiger partial charge in [0.05, 0.1) is 0 Å². The first-order valence-corrected chi connectivity index (χ1v) is 16.7. The summed E-state index contributed by atoms with van der Waals surface area (Å²) in [4.78, 5) is 0. The van der Waals surface area contributed by atoms with Crippen LogP contribution in [-0.4, -0.2) is 8.07 Å². The molecule has 2 heteroatoms. The van der Waals surface area contributed by atoms with Crippen LogP contribution in [0.3, 0.4) is 0 Å². The molecule has 0 N–H and O–H groups in total. The molecule has 0 amide bonds. The predicted octanol–water partition coefficient (Wildman–Crippen LogP) is 7.05. The normalized spacial score (nSPS) is 23.9. The summed E-state index contributed by atoms with van der Waals surface area (Å²) in [5.74, 6) is 0. The second-order valence-electron chi connectivity index (χ2n) is 9.24. The zero-order valence-electron chi connectivity index (χ0n) is 18.0. The maximum atomic E-state index is 2.65. The van der Waals surface area contributed by atoms with Crippen molar-refractivity contribution < 1.29 is 23.2 Å². The summed E-state index contributed by atoms with van der Waals surface area (Å²) < 4.78 is 1.54. The van der Waals surface area contributed by atoms with Crippen molar-refractivity contribution in [3.05, 3.63) is 80.9 Å². The Kier molecular flexibility index (Phi) is 4.42. The fourth-order valence-electron chi connectivity index (χ4n) is 6.40. The first kappa shape index (κ1) is 19.0. The Bertz CT molecular complexity index is 986. The Labute approximate surface area is 182 Å². The number of allylic oxidation sites excluding steroid dienone is 2. The molecule has 0 nitrogen and oxygen atoms in total. The molecule has 0 aromatic heterocycles. The van der Waals surface area contributed by atoms with E-state index in [-0.39, 0.29) is 0 Å². The Hall–Kier alpha value is -0.980. The molecular formula is C26H30SiZr. The topological polar surface area (TPSA) is 0 Å². The maximum absolute atomic E-state index is 2.65. The molecule has 142 valence electrons. The van der Waals surface area contributed by atoms with Gasteiger partial charge in [0.25, 0.3) is 0 Å². The third-order valence-corrected chi connectivity index (χ3v) is 16.6. The zero-order chi connectivity index (χ0) is 19.8. The van der Waals surface area contributed by atoms with E-state index in [2.05, 4.69) is 77.2 Å². The van der Waals surface area contributed by atoms with Gasteiger partial charge in [-0.2, -0.15) is 0 Å². The van der Waals surface area contributed by atoms with E-state index in [1.165, 1.54) is 0 Å². The SMILES string of the molecule is CCc1cccc2c1C1=C(C)[CH]2[Zr][CH]2C(C)=C(c3c(CC)cccc32)[Si]1(C)C. The summed E-state index contributed by atoms with van der Waals surface area (Å²) in [6.45, 7) is 15.0. The van der Waals surface area contributed by atoms with Crippen LogP contribution in [0.2, 0.25) is 13.1 Å². The number of aryl methyl sites for hydroxylation is 2. The first-order valence-electron chi connectivity index (χ1n) is 10.8. The van der Waals surface area contributed by atoms with Crippen molar-refractivity contribution in [2.24, 2.45) is 0 Å². The third kappa shape index (κ3) is 2.31. The van der Waals surface area contributed by atoms with Gasteiger partial charge in [-0.1, -0.05) is 0 Å². The van der Waals surface area contributed by atoms with Crippen LogP contribution in [0.4, 0.5) is 0 Å². The van der Waals surface area contributed by atoms with Crippen LogP contribution >= 0.6 is 0 Å². The quantitative estimate of drug-likeness (QED) is 0.420.